The van der Waals surface area contributed by atoms with Gasteiger partial charge in [-0.05, 0) is 38.0 Å². The highest BCUT2D eigenvalue weighted by Crippen LogP contribution is 2.32. The molecule has 0 fully saturated rings. The van der Waals surface area contributed by atoms with Gasteiger partial charge in [0.1, 0.15) is 0 Å². The van der Waals surface area contributed by atoms with Crippen LogP contribution in [0.15, 0.2) is 23.2 Å². The molecule has 1 aliphatic heterocycles. The van der Waals surface area contributed by atoms with Gasteiger partial charge in [-0.15, -0.1) is 0 Å². The van der Waals surface area contributed by atoms with Gasteiger partial charge in [-0.2, -0.15) is 0 Å². The molecule has 98 valence electrons. The summed E-state index contributed by atoms with van der Waals surface area (Å²) in [5, 5.41) is 3.05. The zero-order valence-electron chi connectivity index (χ0n) is 10.8. The van der Waals surface area contributed by atoms with Crippen LogP contribution in [0.4, 0.5) is 0 Å². The van der Waals surface area contributed by atoms with E-state index in [1.165, 1.54) is 5.56 Å². The van der Waals surface area contributed by atoms with E-state index < -0.39 is 0 Å². The number of nitrogens with one attached hydrogen (secondary N) is 1. The van der Waals surface area contributed by atoms with Crippen LogP contribution in [0.1, 0.15) is 19.4 Å². The van der Waals surface area contributed by atoms with Crippen molar-refractivity contribution in [3.63, 3.8) is 0 Å². The van der Waals surface area contributed by atoms with Crippen molar-refractivity contribution in [2.45, 2.75) is 26.3 Å². The predicted octanol–water partition coefficient (Wildman–Crippen LogP) is 1.27. The van der Waals surface area contributed by atoms with Crippen molar-refractivity contribution in [1.29, 1.82) is 0 Å². The first kappa shape index (κ1) is 12.5. The molecule has 0 saturated heterocycles. The molecule has 2 rings (SSSR count). The summed E-state index contributed by atoms with van der Waals surface area (Å²) < 4.78 is 10.6. The average Bonchev–Trinajstić information content (AvgIpc) is 2.75. The van der Waals surface area contributed by atoms with E-state index in [1.807, 2.05) is 32.0 Å². The molecular weight excluding hydrogens is 230 g/mol. The summed E-state index contributed by atoms with van der Waals surface area (Å²) in [6.45, 7) is 5.02. The van der Waals surface area contributed by atoms with Crippen molar-refractivity contribution in [1.82, 2.24) is 5.32 Å². The third kappa shape index (κ3) is 3.29. The molecule has 5 heteroatoms. The standard InChI is InChI=1S/C13H19N3O2/c1-9(2)16-13(14)15-6-5-10-3-4-11-12(7-10)18-8-17-11/h3-4,7,9H,5-6,8H2,1-2H3,(H3,14,15,16). The molecule has 5 nitrogen and oxygen atoms in total. The Labute approximate surface area is 107 Å². The van der Waals surface area contributed by atoms with Gasteiger partial charge in [-0.25, -0.2) is 0 Å². The topological polar surface area (TPSA) is 68.9 Å². The molecule has 0 atom stereocenters. The molecular formula is C13H19N3O2. The summed E-state index contributed by atoms with van der Waals surface area (Å²) in [5.41, 5.74) is 6.89. The van der Waals surface area contributed by atoms with Crippen LogP contribution >= 0.6 is 0 Å². The second-order valence-electron chi connectivity index (χ2n) is 4.50. The molecule has 0 radical (unpaired) electrons. The third-order valence-corrected chi connectivity index (χ3v) is 2.56. The number of aliphatic imine (C=N–C) groups is 1. The predicted molar refractivity (Wildman–Crippen MR) is 71.0 cm³/mol. The van der Waals surface area contributed by atoms with E-state index in [9.17, 15) is 0 Å². The Morgan fingerprint density at radius 1 is 1.39 bits per heavy atom. The number of nitrogens with zero attached hydrogens (tertiary/aromatic N) is 1. The van der Waals surface area contributed by atoms with Gasteiger partial charge in [-0.1, -0.05) is 6.07 Å². The number of hydrogen-bond donors (Lipinski definition) is 2. The lowest BCUT2D eigenvalue weighted by atomic mass is 10.1. The molecule has 0 spiro atoms. The van der Waals surface area contributed by atoms with Crippen LogP contribution in [0.25, 0.3) is 0 Å². The Balaban J connectivity index is 1.87. The summed E-state index contributed by atoms with van der Waals surface area (Å²) in [6, 6.07) is 6.25. The van der Waals surface area contributed by atoms with Gasteiger partial charge in [0.25, 0.3) is 0 Å². The molecule has 0 aromatic heterocycles. The van der Waals surface area contributed by atoms with E-state index in [0.29, 0.717) is 25.3 Å². The number of guanidine groups is 1. The number of fused-ring (bicyclic) bond motifs is 1. The SMILES string of the molecule is CC(C)NC(N)=NCCc1ccc2c(c1)OCO2. The van der Waals surface area contributed by atoms with Crippen LogP contribution in [0.2, 0.25) is 0 Å². The minimum atomic E-state index is 0.305. The summed E-state index contributed by atoms with van der Waals surface area (Å²) in [4.78, 5) is 4.26. The summed E-state index contributed by atoms with van der Waals surface area (Å²) in [7, 11) is 0. The van der Waals surface area contributed by atoms with E-state index in [2.05, 4.69) is 10.3 Å². The third-order valence-electron chi connectivity index (χ3n) is 2.56. The molecule has 0 amide bonds. The van der Waals surface area contributed by atoms with Gasteiger partial charge in [0, 0.05) is 12.6 Å². The molecule has 0 bridgehead atoms. The minimum Gasteiger partial charge on any atom is -0.454 e. The highest BCUT2D eigenvalue weighted by molar-refractivity contribution is 5.78. The second kappa shape index (κ2) is 5.62. The van der Waals surface area contributed by atoms with Gasteiger partial charge in [0.15, 0.2) is 17.5 Å². The Kier molecular flexibility index (Phi) is 3.92. The Morgan fingerprint density at radius 3 is 2.94 bits per heavy atom. The van der Waals surface area contributed by atoms with Crippen molar-refractivity contribution >= 4 is 5.96 Å². The molecule has 18 heavy (non-hydrogen) atoms. The number of benzene rings is 1. The lowest BCUT2D eigenvalue weighted by molar-refractivity contribution is 0.174. The van der Waals surface area contributed by atoms with Gasteiger partial charge in [0.05, 0.1) is 0 Å². The first-order valence-corrected chi connectivity index (χ1v) is 6.10. The zero-order valence-corrected chi connectivity index (χ0v) is 10.8. The lowest BCUT2D eigenvalue weighted by Gasteiger charge is -2.08. The van der Waals surface area contributed by atoms with Crippen LogP contribution in [0.3, 0.4) is 0 Å². The van der Waals surface area contributed by atoms with Gasteiger partial charge in [0.2, 0.25) is 6.79 Å². The van der Waals surface area contributed by atoms with E-state index in [0.717, 1.165) is 17.9 Å². The number of ether oxygens (including phenoxy) is 2. The summed E-state index contributed by atoms with van der Waals surface area (Å²) >= 11 is 0. The molecule has 0 aliphatic carbocycles. The fourth-order valence-electron chi connectivity index (χ4n) is 1.74. The van der Waals surface area contributed by atoms with Crippen LogP contribution in [0, 0.1) is 0 Å². The highest BCUT2D eigenvalue weighted by atomic mass is 16.7. The van der Waals surface area contributed by atoms with E-state index in [4.69, 9.17) is 15.2 Å². The van der Waals surface area contributed by atoms with E-state index >= 15 is 0 Å². The quantitative estimate of drug-likeness (QED) is 0.623. The molecule has 1 aromatic rings. The number of nitrogens with two attached hydrogens (primary N) is 1. The van der Waals surface area contributed by atoms with E-state index in [1.54, 1.807) is 0 Å². The Hall–Kier alpha value is -1.91. The summed E-state index contributed by atoms with van der Waals surface area (Å²) in [5.74, 6) is 2.11. The maximum absolute atomic E-state index is 5.72. The fourth-order valence-corrected chi connectivity index (χ4v) is 1.74. The first-order chi connectivity index (χ1) is 8.65. The van der Waals surface area contributed by atoms with Gasteiger partial charge >= 0.3 is 0 Å². The molecule has 1 aliphatic rings. The van der Waals surface area contributed by atoms with Crippen LogP contribution in [-0.4, -0.2) is 25.3 Å². The van der Waals surface area contributed by atoms with Crippen molar-refractivity contribution in [3.05, 3.63) is 23.8 Å². The van der Waals surface area contributed by atoms with Crippen LogP contribution in [0.5, 0.6) is 11.5 Å². The second-order valence-corrected chi connectivity index (χ2v) is 4.50. The maximum Gasteiger partial charge on any atom is 0.231 e. The molecule has 0 unspecified atom stereocenters. The smallest absolute Gasteiger partial charge is 0.231 e. The highest BCUT2D eigenvalue weighted by Gasteiger charge is 2.12. The van der Waals surface area contributed by atoms with Gasteiger partial charge < -0.3 is 20.5 Å². The molecule has 1 heterocycles. The zero-order chi connectivity index (χ0) is 13.0. The molecule has 3 N–H and O–H groups in total. The van der Waals surface area contributed by atoms with Gasteiger partial charge in [-0.3, -0.25) is 4.99 Å². The monoisotopic (exact) mass is 249 g/mol. The van der Waals surface area contributed by atoms with Crippen molar-refractivity contribution in [3.8, 4) is 11.5 Å². The number of hydrogen-bond acceptors (Lipinski definition) is 3. The lowest BCUT2D eigenvalue weighted by Crippen LogP contribution is -2.36. The van der Waals surface area contributed by atoms with Crippen molar-refractivity contribution < 1.29 is 9.47 Å². The largest absolute Gasteiger partial charge is 0.454 e. The Bertz CT molecular complexity index is 444. The average molecular weight is 249 g/mol. The van der Waals surface area contributed by atoms with Crippen molar-refractivity contribution in [2.75, 3.05) is 13.3 Å². The first-order valence-electron chi connectivity index (χ1n) is 6.10. The molecule has 0 saturated carbocycles. The fraction of sp³-hybridized carbons (Fsp3) is 0.462. The minimum absolute atomic E-state index is 0.305. The Morgan fingerprint density at radius 2 is 2.17 bits per heavy atom. The summed E-state index contributed by atoms with van der Waals surface area (Å²) in [6.07, 6.45) is 0.830. The number of rotatable bonds is 4. The van der Waals surface area contributed by atoms with Crippen molar-refractivity contribution in [2.24, 2.45) is 10.7 Å². The van der Waals surface area contributed by atoms with Crippen LogP contribution in [-0.2, 0) is 6.42 Å². The van der Waals surface area contributed by atoms with Crippen LogP contribution < -0.4 is 20.5 Å². The normalized spacial score (nSPS) is 14.1. The maximum atomic E-state index is 5.72. The molecule has 1 aromatic carbocycles. The van der Waals surface area contributed by atoms with E-state index in [-0.39, 0.29) is 0 Å².